The molecule has 0 spiro atoms. The van der Waals surface area contributed by atoms with E-state index >= 15 is 0 Å². The number of hydrogen-bond acceptors (Lipinski definition) is 4. The number of para-hydroxylation sites is 2. The lowest BCUT2D eigenvalue weighted by molar-refractivity contribution is 0.484. The standard InChI is InChI=1S/C39H32N2O2/c1-25-9-7-15-35(37(25)40)42-29-21-17-27(18-22-29)39(33-13-5-3-11-31(33)32-12-4-6-14-34(32)39)28-19-23-30(24-20-28)43-36-16-8-10-26(2)38(36)41/h3-24H,40-41H2,1-2H3. The molecule has 0 aromatic heterocycles. The van der Waals surface area contributed by atoms with Crippen LogP contribution in [-0.2, 0) is 5.41 Å². The van der Waals surface area contributed by atoms with Gasteiger partial charge in [0.1, 0.15) is 11.5 Å². The van der Waals surface area contributed by atoms with Crippen LogP contribution in [0.4, 0.5) is 11.4 Å². The minimum Gasteiger partial charge on any atom is -0.455 e. The number of nitrogens with two attached hydrogens (primary N) is 2. The van der Waals surface area contributed by atoms with E-state index in [4.69, 9.17) is 20.9 Å². The summed E-state index contributed by atoms with van der Waals surface area (Å²) in [5, 5.41) is 0. The second kappa shape index (κ2) is 10.4. The Bertz CT molecular complexity index is 1820. The van der Waals surface area contributed by atoms with Crippen LogP contribution in [0.1, 0.15) is 33.4 Å². The van der Waals surface area contributed by atoms with Crippen LogP contribution < -0.4 is 20.9 Å². The van der Waals surface area contributed by atoms with Gasteiger partial charge >= 0.3 is 0 Å². The van der Waals surface area contributed by atoms with E-state index in [2.05, 4.69) is 72.8 Å². The molecule has 0 saturated heterocycles. The number of anilines is 2. The van der Waals surface area contributed by atoms with Crippen molar-refractivity contribution < 1.29 is 9.47 Å². The molecule has 0 fully saturated rings. The Labute approximate surface area is 252 Å². The van der Waals surface area contributed by atoms with Crippen LogP contribution in [-0.4, -0.2) is 0 Å². The normalized spacial score (nSPS) is 12.8. The Balaban J connectivity index is 1.35. The zero-order valence-corrected chi connectivity index (χ0v) is 24.2. The van der Waals surface area contributed by atoms with E-state index in [1.54, 1.807) is 0 Å². The largest absolute Gasteiger partial charge is 0.455 e. The Kier molecular flexibility index (Phi) is 6.40. The van der Waals surface area contributed by atoms with Crippen molar-refractivity contribution in [3.63, 3.8) is 0 Å². The lowest BCUT2D eigenvalue weighted by Crippen LogP contribution is -2.28. The van der Waals surface area contributed by atoms with Crippen molar-refractivity contribution in [2.75, 3.05) is 11.5 Å². The van der Waals surface area contributed by atoms with Crippen LogP contribution in [0, 0.1) is 13.8 Å². The average molecular weight is 561 g/mol. The third kappa shape index (κ3) is 4.31. The molecule has 0 radical (unpaired) electrons. The molecule has 4 N–H and O–H groups in total. The molecule has 1 aliphatic carbocycles. The summed E-state index contributed by atoms with van der Waals surface area (Å²) >= 11 is 0. The highest BCUT2D eigenvalue weighted by Gasteiger charge is 2.45. The molecule has 4 heteroatoms. The second-order valence-electron chi connectivity index (χ2n) is 11.1. The van der Waals surface area contributed by atoms with Crippen LogP contribution in [0.25, 0.3) is 11.1 Å². The molecule has 6 aromatic rings. The summed E-state index contributed by atoms with van der Waals surface area (Å²) in [5.74, 6) is 2.78. The van der Waals surface area contributed by atoms with Crippen LogP contribution in [0.5, 0.6) is 23.0 Å². The van der Waals surface area contributed by atoms with Gasteiger partial charge in [-0.2, -0.15) is 0 Å². The van der Waals surface area contributed by atoms with Gasteiger partial charge < -0.3 is 20.9 Å². The summed E-state index contributed by atoms with van der Waals surface area (Å²) < 4.78 is 12.4. The van der Waals surface area contributed by atoms with E-state index in [1.807, 2.05) is 74.5 Å². The maximum atomic E-state index is 6.30. The highest BCUT2D eigenvalue weighted by molar-refractivity contribution is 5.86. The van der Waals surface area contributed by atoms with Gasteiger partial charge in [0, 0.05) is 0 Å². The Hall–Kier alpha value is -5.48. The predicted molar refractivity (Wildman–Crippen MR) is 175 cm³/mol. The quantitative estimate of drug-likeness (QED) is 0.199. The van der Waals surface area contributed by atoms with E-state index in [-0.39, 0.29) is 0 Å². The first kappa shape index (κ1) is 26.4. The Morgan fingerprint density at radius 2 is 0.837 bits per heavy atom. The van der Waals surface area contributed by atoms with Crippen molar-refractivity contribution in [2.45, 2.75) is 19.3 Å². The molecule has 4 nitrogen and oxygen atoms in total. The lowest BCUT2D eigenvalue weighted by Gasteiger charge is -2.34. The van der Waals surface area contributed by atoms with E-state index in [9.17, 15) is 0 Å². The fourth-order valence-corrected chi connectivity index (χ4v) is 6.31. The average Bonchev–Trinajstić information content (AvgIpc) is 3.34. The van der Waals surface area contributed by atoms with Gasteiger partial charge in [-0.05, 0) is 94.8 Å². The molecule has 0 amide bonds. The topological polar surface area (TPSA) is 70.5 Å². The van der Waals surface area contributed by atoms with Gasteiger partial charge in [-0.3, -0.25) is 0 Å². The molecular weight excluding hydrogens is 528 g/mol. The number of nitrogen functional groups attached to an aromatic ring is 2. The van der Waals surface area contributed by atoms with Gasteiger partial charge in [0.15, 0.2) is 11.5 Å². The highest BCUT2D eigenvalue weighted by Crippen LogP contribution is 2.56. The predicted octanol–water partition coefficient (Wildman–Crippen LogP) is 9.42. The zero-order valence-electron chi connectivity index (χ0n) is 24.2. The summed E-state index contributed by atoms with van der Waals surface area (Å²) in [7, 11) is 0. The van der Waals surface area contributed by atoms with Crippen LogP contribution in [0.3, 0.4) is 0 Å². The van der Waals surface area contributed by atoms with E-state index < -0.39 is 5.41 Å². The van der Waals surface area contributed by atoms with E-state index in [0.29, 0.717) is 22.9 Å². The van der Waals surface area contributed by atoms with Gasteiger partial charge in [0.2, 0.25) is 0 Å². The van der Waals surface area contributed by atoms with Crippen LogP contribution >= 0.6 is 0 Å². The molecule has 1 aliphatic rings. The molecule has 7 rings (SSSR count). The molecular formula is C39H32N2O2. The third-order valence-electron chi connectivity index (χ3n) is 8.55. The zero-order chi connectivity index (χ0) is 29.6. The number of hydrogen-bond donors (Lipinski definition) is 2. The van der Waals surface area contributed by atoms with E-state index in [0.717, 1.165) is 33.8 Å². The molecule has 43 heavy (non-hydrogen) atoms. The first-order valence-electron chi connectivity index (χ1n) is 14.4. The lowest BCUT2D eigenvalue weighted by atomic mass is 9.68. The summed E-state index contributed by atoms with van der Waals surface area (Å²) in [4.78, 5) is 0. The maximum absolute atomic E-state index is 6.30. The van der Waals surface area contributed by atoms with Crippen molar-refractivity contribution in [1.82, 2.24) is 0 Å². The summed E-state index contributed by atoms with van der Waals surface area (Å²) in [6.45, 7) is 3.96. The Morgan fingerprint density at radius 1 is 0.442 bits per heavy atom. The first-order valence-corrected chi connectivity index (χ1v) is 14.4. The number of aryl methyl sites for hydroxylation is 2. The van der Waals surface area contributed by atoms with Gasteiger partial charge in [-0.25, -0.2) is 0 Å². The molecule has 0 unspecified atom stereocenters. The summed E-state index contributed by atoms with van der Waals surface area (Å²) in [6, 6.07) is 45.8. The Morgan fingerprint density at radius 3 is 1.26 bits per heavy atom. The second-order valence-corrected chi connectivity index (χ2v) is 11.1. The number of rotatable bonds is 6. The van der Waals surface area contributed by atoms with Gasteiger partial charge in [-0.1, -0.05) is 97.1 Å². The van der Waals surface area contributed by atoms with Crippen molar-refractivity contribution >= 4 is 11.4 Å². The molecule has 0 bridgehead atoms. The monoisotopic (exact) mass is 560 g/mol. The molecule has 0 atom stereocenters. The molecule has 6 aromatic carbocycles. The van der Waals surface area contributed by atoms with Crippen molar-refractivity contribution in [2.24, 2.45) is 0 Å². The van der Waals surface area contributed by atoms with Crippen molar-refractivity contribution in [3.05, 3.63) is 167 Å². The minimum atomic E-state index is -0.533. The van der Waals surface area contributed by atoms with Crippen molar-refractivity contribution in [1.29, 1.82) is 0 Å². The molecule has 210 valence electrons. The van der Waals surface area contributed by atoms with Gasteiger partial charge in [0.25, 0.3) is 0 Å². The molecule has 0 heterocycles. The van der Waals surface area contributed by atoms with Crippen LogP contribution in [0.2, 0.25) is 0 Å². The maximum Gasteiger partial charge on any atom is 0.150 e. The summed E-state index contributed by atoms with van der Waals surface area (Å²) in [5.41, 5.74) is 22.6. The van der Waals surface area contributed by atoms with Gasteiger partial charge in [0.05, 0.1) is 16.8 Å². The molecule has 0 aliphatic heterocycles. The van der Waals surface area contributed by atoms with E-state index in [1.165, 1.54) is 22.3 Å². The fourth-order valence-electron chi connectivity index (χ4n) is 6.31. The number of fused-ring (bicyclic) bond motifs is 3. The first-order chi connectivity index (χ1) is 21.0. The van der Waals surface area contributed by atoms with Crippen LogP contribution in [0.15, 0.2) is 133 Å². The highest BCUT2D eigenvalue weighted by atomic mass is 16.5. The summed E-state index contributed by atoms with van der Waals surface area (Å²) in [6.07, 6.45) is 0. The number of benzene rings is 6. The fraction of sp³-hybridized carbons (Fsp3) is 0.0769. The molecule has 0 saturated carbocycles. The third-order valence-corrected chi connectivity index (χ3v) is 8.55. The smallest absolute Gasteiger partial charge is 0.150 e. The van der Waals surface area contributed by atoms with Crippen molar-refractivity contribution in [3.8, 4) is 34.1 Å². The SMILES string of the molecule is Cc1cccc(Oc2ccc(C3(c4ccc(Oc5cccc(C)c5N)cc4)c4ccccc4-c4ccccc43)cc2)c1N. The number of ether oxygens (including phenoxy) is 2. The van der Waals surface area contributed by atoms with Gasteiger partial charge in [-0.15, -0.1) is 0 Å². The minimum absolute atomic E-state index is 0.533.